The first-order valence-electron chi connectivity index (χ1n) is 5.19. The van der Waals surface area contributed by atoms with E-state index in [1.807, 2.05) is 12.1 Å². The molecule has 86 valence electrons. The minimum absolute atomic E-state index is 0.146. The molecule has 4 nitrogen and oxygen atoms in total. The first-order chi connectivity index (χ1) is 7.65. The Morgan fingerprint density at radius 2 is 1.94 bits per heavy atom. The molecule has 1 aromatic rings. The Morgan fingerprint density at radius 3 is 2.50 bits per heavy atom. The van der Waals surface area contributed by atoms with Gasteiger partial charge in [-0.25, -0.2) is 4.79 Å². The highest BCUT2D eigenvalue weighted by atomic mass is 16.5. The fourth-order valence-corrected chi connectivity index (χ4v) is 2.12. The molecule has 1 aliphatic carbocycles. The second kappa shape index (κ2) is 4.14. The van der Waals surface area contributed by atoms with Gasteiger partial charge in [-0.1, -0.05) is 0 Å². The minimum Gasteiger partial charge on any atom is -0.496 e. The highest BCUT2D eigenvalue weighted by Crippen LogP contribution is 2.29. The Labute approximate surface area is 94.3 Å². The summed E-state index contributed by atoms with van der Waals surface area (Å²) in [4.78, 5) is 11.5. The lowest BCUT2D eigenvalue weighted by atomic mass is 10.1. The van der Waals surface area contributed by atoms with Crippen molar-refractivity contribution in [2.24, 2.45) is 5.73 Å². The summed E-state index contributed by atoms with van der Waals surface area (Å²) in [6, 6.07) is 3.86. The summed E-state index contributed by atoms with van der Waals surface area (Å²) >= 11 is 0. The van der Waals surface area contributed by atoms with Crippen LogP contribution in [0.15, 0.2) is 12.1 Å². The predicted octanol–water partition coefficient (Wildman–Crippen LogP) is 0.908. The lowest BCUT2D eigenvalue weighted by molar-refractivity contribution is 0.0597. The highest BCUT2D eigenvalue weighted by Gasteiger charge is 2.23. The van der Waals surface area contributed by atoms with Gasteiger partial charge < -0.3 is 15.2 Å². The number of methoxy groups -OCH3 is 2. The first-order valence-corrected chi connectivity index (χ1v) is 5.19. The third kappa shape index (κ3) is 1.76. The molecule has 4 heteroatoms. The van der Waals surface area contributed by atoms with Gasteiger partial charge in [-0.05, 0) is 36.1 Å². The van der Waals surface area contributed by atoms with Gasteiger partial charge in [0.15, 0.2) is 0 Å². The van der Waals surface area contributed by atoms with E-state index in [0.29, 0.717) is 11.3 Å². The summed E-state index contributed by atoms with van der Waals surface area (Å²) in [5, 5.41) is 0. The number of fused-ring (bicyclic) bond motifs is 1. The van der Waals surface area contributed by atoms with Crippen LogP contribution in [0, 0.1) is 0 Å². The van der Waals surface area contributed by atoms with Crippen molar-refractivity contribution >= 4 is 5.97 Å². The Hall–Kier alpha value is -1.55. The van der Waals surface area contributed by atoms with Gasteiger partial charge >= 0.3 is 5.97 Å². The van der Waals surface area contributed by atoms with E-state index >= 15 is 0 Å². The highest BCUT2D eigenvalue weighted by molar-refractivity contribution is 5.93. The topological polar surface area (TPSA) is 61.5 Å². The average Bonchev–Trinajstić information content (AvgIpc) is 2.65. The maximum Gasteiger partial charge on any atom is 0.341 e. The molecule has 1 aromatic carbocycles. The fourth-order valence-electron chi connectivity index (χ4n) is 2.12. The molecular formula is C12H15NO3. The Balaban J connectivity index is 2.46. The molecule has 0 saturated carbocycles. The number of hydrogen-bond acceptors (Lipinski definition) is 4. The Kier molecular flexibility index (Phi) is 2.83. The molecule has 16 heavy (non-hydrogen) atoms. The summed E-state index contributed by atoms with van der Waals surface area (Å²) in [5.74, 6) is 0.180. The molecule has 0 heterocycles. The van der Waals surface area contributed by atoms with E-state index in [-0.39, 0.29) is 12.0 Å². The molecule has 0 radical (unpaired) electrons. The largest absolute Gasteiger partial charge is 0.496 e. The van der Waals surface area contributed by atoms with Crippen molar-refractivity contribution in [2.75, 3.05) is 14.2 Å². The van der Waals surface area contributed by atoms with E-state index in [1.54, 1.807) is 7.11 Å². The number of nitrogens with two attached hydrogens (primary N) is 1. The van der Waals surface area contributed by atoms with Crippen molar-refractivity contribution in [1.29, 1.82) is 0 Å². The summed E-state index contributed by atoms with van der Waals surface area (Å²) in [6.45, 7) is 0. The van der Waals surface area contributed by atoms with Crippen LogP contribution in [0.4, 0.5) is 0 Å². The molecule has 2 N–H and O–H groups in total. The zero-order chi connectivity index (χ0) is 11.7. The van der Waals surface area contributed by atoms with Crippen molar-refractivity contribution in [3.8, 4) is 5.75 Å². The molecule has 0 saturated heterocycles. The lowest BCUT2D eigenvalue weighted by Gasteiger charge is -2.09. The van der Waals surface area contributed by atoms with Crippen LogP contribution in [0.1, 0.15) is 21.5 Å². The normalized spacial score (nSPS) is 18.1. The minimum atomic E-state index is -0.375. The van der Waals surface area contributed by atoms with E-state index in [0.717, 1.165) is 24.0 Å². The molecule has 0 aromatic heterocycles. The molecule has 1 unspecified atom stereocenters. The number of rotatable bonds is 2. The van der Waals surface area contributed by atoms with E-state index in [1.165, 1.54) is 7.11 Å². The SMILES string of the molecule is COC(=O)c1cc2c(cc1OC)CC(N)C2. The summed E-state index contributed by atoms with van der Waals surface area (Å²) in [7, 11) is 2.91. The number of carbonyl (C=O) groups excluding carboxylic acids is 1. The van der Waals surface area contributed by atoms with Crippen LogP contribution in [-0.4, -0.2) is 26.2 Å². The van der Waals surface area contributed by atoms with Gasteiger partial charge in [-0.2, -0.15) is 0 Å². The second-order valence-corrected chi connectivity index (χ2v) is 3.98. The van der Waals surface area contributed by atoms with E-state index < -0.39 is 0 Å². The van der Waals surface area contributed by atoms with E-state index in [2.05, 4.69) is 0 Å². The first kappa shape index (κ1) is 11.0. The van der Waals surface area contributed by atoms with Gasteiger partial charge in [0.2, 0.25) is 0 Å². The van der Waals surface area contributed by atoms with Crippen LogP contribution in [-0.2, 0) is 17.6 Å². The molecule has 0 amide bonds. The third-order valence-corrected chi connectivity index (χ3v) is 2.89. The Morgan fingerprint density at radius 1 is 1.31 bits per heavy atom. The maximum absolute atomic E-state index is 11.5. The lowest BCUT2D eigenvalue weighted by Crippen LogP contribution is -2.19. The molecule has 0 fully saturated rings. The molecule has 0 bridgehead atoms. The number of esters is 1. The monoisotopic (exact) mass is 221 g/mol. The standard InChI is InChI=1S/C12H15NO3/c1-15-11-6-8-4-9(13)3-7(8)5-10(11)12(14)16-2/h5-6,9H,3-4,13H2,1-2H3. The van der Waals surface area contributed by atoms with Gasteiger partial charge in [0, 0.05) is 6.04 Å². The van der Waals surface area contributed by atoms with Gasteiger partial charge in [0.25, 0.3) is 0 Å². The summed E-state index contributed by atoms with van der Waals surface area (Å²) in [6.07, 6.45) is 1.65. The smallest absolute Gasteiger partial charge is 0.341 e. The van der Waals surface area contributed by atoms with Crippen LogP contribution >= 0.6 is 0 Å². The van der Waals surface area contributed by atoms with Crippen molar-refractivity contribution < 1.29 is 14.3 Å². The van der Waals surface area contributed by atoms with Crippen LogP contribution in [0.25, 0.3) is 0 Å². The molecule has 0 aliphatic heterocycles. The number of ether oxygens (including phenoxy) is 2. The summed E-state index contributed by atoms with van der Waals surface area (Å²) in [5.41, 5.74) is 8.63. The van der Waals surface area contributed by atoms with Gasteiger partial charge in [-0.15, -0.1) is 0 Å². The summed E-state index contributed by atoms with van der Waals surface area (Å²) < 4.78 is 9.90. The maximum atomic E-state index is 11.5. The van der Waals surface area contributed by atoms with E-state index in [4.69, 9.17) is 15.2 Å². The van der Waals surface area contributed by atoms with Crippen LogP contribution in [0.3, 0.4) is 0 Å². The molecule has 2 rings (SSSR count). The van der Waals surface area contributed by atoms with Crippen LogP contribution < -0.4 is 10.5 Å². The molecule has 1 aliphatic rings. The van der Waals surface area contributed by atoms with Crippen molar-refractivity contribution in [3.63, 3.8) is 0 Å². The van der Waals surface area contributed by atoms with Gasteiger partial charge in [0.1, 0.15) is 11.3 Å². The number of benzene rings is 1. The van der Waals surface area contributed by atoms with Crippen molar-refractivity contribution in [3.05, 3.63) is 28.8 Å². The molecule has 0 spiro atoms. The van der Waals surface area contributed by atoms with Crippen LogP contribution in [0.2, 0.25) is 0 Å². The molecular weight excluding hydrogens is 206 g/mol. The predicted molar refractivity (Wildman–Crippen MR) is 59.7 cm³/mol. The van der Waals surface area contributed by atoms with E-state index in [9.17, 15) is 4.79 Å². The number of hydrogen-bond donors (Lipinski definition) is 1. The van der Waals surface area contributed by atoms with Gasteiger partial charge in [0.05, 0.1) is 14.2 Å². The van der Waals surface area contributed by atoms with Gasteiger partial charge in [-0.3, -0.25) is 0 Å². The van der Waals surface area contributed by atoms with Crippen LogP contribution in [0.5, 0.6) is 5.75 Å². The van der Waals surface area contributed by atoms with Crippen molar-refractivity contribution in [1.82, 2.24) is 0 Å². The fraction of sp³-hybridized carbons (Fsp3) is 0.417. The zero-order valence-electron chi connectivity index (χ0n) is 9.45. The molecule has 1 atom stereocenters. The Bertz CT molecular complexity index is 429. The quantitative estimate of drug-likeness (QED) is 0.754. The third-order valence-electron chi connectivity index (χ3n) is 2.89. The average molecular weight is 221 g/mol. The second-order valence-electron chi connectivity index (χ2n) is 3.98. The van der Waals surface area contributed by atoms with Crippen molar-refractivity contribution in [2.45, 2.75) is 18.9 Å². The number of carbonyl (C=O) groups is 1. The zero-order valence-corrected chi connectivity index (χ0v) is 9.45.